The van der Waals surface area contributed by atoms with Crippen LogP contribution in [0.1, 0.15) is 29.7 Å². The van der Waals surface area contributed by atoms with E-state index < -0.39 is 10.0 Å². The SMILES string of the molecule is COc1ccc(C(C)NS(=O)(=O)c2ccc(C)c(C)c2)cc1Br. The van der Waals surface area contributed by atoms with Gasteiger partial charge in [0.05, 0.1) is 16.5 Å². The zero-order valence-corrected chi connectivity index (χ0v) is 16.0. The maximum absolute atomic E-state index is 12.5. The van der Waals surface area contributed by atoms with Gasteiger partial charge in [-0.3, -0.25) is 0 Å². The van der Waals surface area contributed by atoms with Gasteiger partial charge in [-0.2, -0.15) is 0 Å². The standard InChI is InChI=1S/C17H20BrNO3S/c1-11-5-7-15(9-12(11)2)23(20,21)19-13(3)14-6-8-17(22-4)16(18)10-14/h5-10,13,19H,1-4H3. The van der Waals surface area contributed by atoms with Crippen LogP contribution >= 0.6 is 15.9 Å². The van der Waals surface area contributed by atoms with Gasteiger partial charge < -0.3 is 4.74 Å². The third-order valence-electron chi connectivity index (χ3n) is 3.80. The molecule has 0 bridgehead atoms. The normalized spacial score (nSPS) is 12.9. The van der Waals surface area contributed by atoms with Crippen LogP contribution in [0.15, 0.2) is 45.8 Å². The third-order valence-corrected chi connectivity index (χ3v) is 5.95. The summed E-state index contributed by atoms with van der Waals surface area (Å²) < 4.78 is 33.8. The zero-order valence-electron chi connectivity index (χ0n) is 13.6. The Labute approximate surface area is 146 Å². The molecular formula is C17H20BrNO3S. The van der Waals surface area contributed by atoms with Crippen molar-refractivity contribution in [1.82, 2.24) is 4.72 Å². The van der Waals surface area contributed by atoms with E-state index in [-0.39, 0.29) is 10.9 Å². The third kappa shape index (κ3) is 4.13. The van der Waals surface area contributed by atoms with Gasteiger partial charge in [-0.05, 0) is 77.7 Å². The van der Waals surface area contributed by atoms with E-state index in [2.05, 4.69) is 20.7 Å². The Bertz CT molecular complexity index is 819. The zero-order chi connectivity index (χ0) is 17.2. The number of nitrogens with one attached hydrogen (secondary N) is 1. The topological polar surface area (TPSA) is 55.4 Å². The molecule has 0 fully saturated rings. The van der Waals surface area contributed by atoms with E-state index in [9.17, 15) is 8.42 Å². The molecule has 124 valence electrons. The molecule has 0 saturated carbocycles. The molecule has 6 heteroatoms. The Morgan fingerprint density at radius 2 is 1.78 bits per heavy atom. The maximum atomic E-state index is 12.5. The average Bonchev–Trinajstić information content (AvgIpc) is 2.49. The number of methoxy groups -OCH3 is 1. The van der Waals surface area contributed by atoms with Crippen LogP contribution in [0.5, 0.6) is 5.75 Å². The molecule has 0 radical (unpaired) electrons. The number of halogens is 1. The smallest absolute Gasteiger partial charge is 0.241 e. The molecule has 0 spiro atoms. The fourth-order valence-electron chi connectivity index (χ4n) is 2.20. The van der Waals surface area contributed by atoms with Gasteiger partial charge in [0.1, 0.15) is 5.75 Å². The molecule has 4 nitrogen and oxygen atoms in total. The van der Waals surface area contributed by atoms with Crippen LogP contribution in [0.4, 0.5) is 0 Å². The molecule has 1 atom stereocenters. The summed E-state index contributed by atoms with van der Waals surface area (Å²) in [6, 6.07) is 10.3. The van der Waals surface area contributed by atoms with Gasteiger partial charge in [0.2, 0.25) is 10.0 Å². The molecule has 0 aliphatic rings. The summed E-state index contributed by atoms with van der Waals surface area (Å²) in [7, 11) is -1.98. The van der Waals surface area contributed by atoms with Crippen LogP contribution in [-0.2, 0) is 10.0 Å². The summed E-state index contributed by atoms with van der Waals surface area (Å²) in [4.78, 5) is 0.278. The molecule has 0 saturated heterocycles. The first-order valence-electron chi connectivity index (χ1n) is 7.17. The fraction of sp³-hybridized carbons (Fsp3) is 0.294. The molecule has 1 unspecified atom stereocenters. The second-order valence-electron chi connectivity index (χ2n) is 5.48. The van der Waals surface area contributed by atoms with Crippen LogP contribution in [0.25, 0.3) is 0 Å². The van der Waals surface area contributed by atoms with E-state index in [1.165, 1.54) is 0 Å². The van der Waals surface area contributed by atoms with E-state index in [4.69, 9.17) is 4.74 Å². The predicted octanol–water partition coefficient (Wildman–Crippen LogP) is 4.11. The Morgan fingerprint density at radius 3 is 2.35 bits per heavy atom. The highest BCUT2D eigenvalue weighted by Gasteiger charge is 2.19. The van der Waals surface area contributed by atoms with Crippen molar-refractivity contribution in [3.8, 4) is 5.75 Å². The lowest BCUT2D eigenvalue weighted by Crippen LogP contribution is -2.27. The van der Waals surface area contributed by atoms with E-state index in [1.807, 2.05) is 39.0 Å². The maximum Gasteiger partial charge on any atom is 0.241 e. The number of sulfonamides is 1. The van der Waals surface area contributed by atoms with Gasteiger partial charge >= 0.3 is 0 Å². The predicted molar refractivity (Wildman–Crippen MR) is 95.3 cm³/mol. The van der Waals surface area contributed by atoms with Crippen LogP contribution in [0.3, 0.4) is 0 Å². The molecule has 0 aliphatic carbocycles. The van der Waals surface area contributed by atoms with E-state index in [0.717, 1.165) is 21.2 Å². The van der Waals surface area contributed by atoms with E-state index in [1.54, 1.807) is 25.3 Å². The lowest BCUT2D eigenvalue weighted by atomic mass is 10.1. The highest BCUT2D eigenvalue weighted by Crippen LogP contribution is 2.28. The van der Waals surface area contributed by atoms with Crippen LogP contribution in [-0.4, -0.2) is 15.5 Å². The molecule has 2 aromatic rings. The van der Waals surface area contributed by atoms with Crippen molar-refractivity contribution < 1.29 is 13.2 Å². The molecular weight excluding hydrogens is 378 g/mol. The Morgan fingerprint density at radius 1 is 1.09 bits per heavy atom. The van der Waals surface area contributed by atoms with Gasteiger partial charge in [-0.15, -0.1) is 0 Å². The lowest BCUT2D eigenvalue weighted by molar-refractivity contribution is 0.412. The van der Waals surface area contributed by atoms with Crippen molar-refractivity contribution >= 4 is 26.0 Å². The Kier molecular flexibility index (Phi) is 5.49. The van der Waals surface area contributed by atoms with Crippen LogP contribution in [0.2, 0.25) is 0 Å². The quantitative estimate of drug-likeness (QED) is 0.825. The number of hydrogen-bond donors (Lipinski definition) is 1. The van der Waals surface area contributed by atoms with Gasteiger partial charge in [0, 0.05) is 6.04 Å². The van der Waals surface area contributed by atoms with Crippen molar-refractivity contribution in [2.45, 2.75) is 31.7 Å². The second kappa shape index (κ2) is 7.03. The molecule has 0 aromatic heterocycles. The monoisotopic (exact) mass is 397 g/mol. The number of ether oxygens (including phenoxy) is 1. The summed E-state index contributed by atoms with van der Waals surface area (Å²) in [5, 5.41) is 0. The van der Waals surface area contributed by atoms with Crippen molar-refractivity contribution in [3.05, 3.63) is 57.6 Å². The molecule has 23 heavy (non-hydrogen) atoms. The van der Waals surface area contributed by atoms with Gasteiger partial charge in [-0.1, -0.05) is 12.1 Å². The highest BCUT2D eigenvalue weighted by atomic mass is 79.9. The second-order valence-corrected chi connectivity index (χ2v) is 8.05. The minimum atomic E-state index is -3.57. The van der Waals surface area contributed by atoms with Crippen molar-refractivity contribution in [1.29, 1.82) is 0 Å². The molecule has 1 N–H and O–H groups in total. The van der Waals surface area contributed by atoms with Crippen molar-refractivity contribution in [3.63, 3.8) is 0 Å². The molecule has 0 aliphatic heterocycles. The lowest BCUT2D eigenvalue weighted by Gasteiger charge is -2.16. The first kappa shape index (κ1) is 18.0. The first-order chi connectivity index (χ1) is 10.7. The van der Waals surface area contributed by atoms with E-state index >= 15 is 0 Å². The molecule has 2 aromatic carbocycles. The molecule has 0 heterocycles. The largest absolute Gasteiger partial charge is 0.496 e. The summed E-state index contributed by atoms with van der Waals surface area (Å²) in [6.45, 7) is 5.67. The summed E-state index contributed by atoms with van der Waals surface area (Å²) in [5.74, 6) is 0.706. The number of hydrogen-bond acceptors (Lipinski definition) is 3. The van der Waals surface area contributed by atoms with Gasteiger partial charge in [0.25, 0.3) is 0 Å². The summed E-state index contributed by atoms with van der Waals surface area (Å²) in [5.41, 5.74) is 2.87. The Balaban J connectivity index is 2.25. The average molecular weight is 398 g/mol. The van der Waals surface area contributed by atoms with Gasteiger partial charge in [-0.25, -0.2) is 13.1 Å². The number of rotatable bonds is 5. The molecule has 2 rings (SSSR count). The molecule has 0 amide bonds. The van der Waals surface area contributed by atoms with E-state index in [0.29, 0.717) is 5.75 Å². The van der Waals surface area contributed by atoms with Crippen LogP contribution in [0, 0.1) is 13.8 Å². The number of aryl methyl sites for hydroxylation is 2. The fourth-order valence-corrected chi connectivity index (χ4v) is 4.08. The van der Waals surface area contributed by atoms with Gasteiger partial charge in [0.15, 0.2) is 0 Å². The minimum Gasteiger partial charge on any atom is -0.496 e. The minimum absolute atomic E-state index is 0.278. The van der Waals surface area contributed by atoms with Crippen molar-refractivity contribution in [2.24, 2.45) is 0 Å². The number of benzene rings is 2. The highest BCUT2D eigenvalue weighted by molar-refractivity contribution is 9.10. The van der Waals surface area contributed by atoms with Crippen LogP contribution < -0.4 is 9.46 Å². The Hall–Kier alpha value is -1.37. The first-order valence-corrected chi connectivity index (χ1v) is 9.45. The summed E-state index contributed by atoms with van der Waals surface area (Å²) >= 11 is 3.42. The van der Waals surface area contributed by atoms with Crippen molar-refractivity contribution in [2.75, 3.05) is 7.11 Å². The summed E-state index contributed by atoms with van der Waals surface area (Å²) in [6.07, 6.45) is 0.